The highest BCUT2D eigenvalue weighted by atomic mass is 32.1. The van der Waals surface area contributed by atoms with E-state index in [1.54, 1.807) is 18.4 Å². The third-order valence-corrected chi connectivity index (χ3v) is 5.11. The van der Waals surface area contributed by atoms with Gasteiger partial charge in [0.05, 0.1) is 13.7 Å². The summed E-state index contributed by atoms with van der Waals surface area (Å²) in [6.45, 7) is 8.73. The van der Waals surface area contributed by atoms with Gasteiger partial charge < -0.3 is 25.4 Å². The molecule has 1 atom stereocenters. The van der Waals surface area contributed by atoms with Gasteiger partial charge >= 0.3 is 0 Å². The number of nitrogens with zero attached hydrogens (tertiary/aromatic N) is 1. The predicted octanol–water partition coefficient (Wildman–Crippen LogP) is 3.13. The van der Waals surface area contributed by atoms with Crippen molar-refractivity contribution in [3.8, 4) is 11.5 Å². The van der Waals surface area contributed by atoms with Crippen molar-refractivity contribution in [2.24, 2.45) is 4.99 Å². The predicted molar refractivity (Wildman–Crippen MR) is 123 cm³/mol. The zero-order chi connectivity index (χ0) is 21.8. The van der Waals surface area contributed by atoms with Gasteiger partial charge in [-0.3, -0.25) is 4.79 Å². The number of carbonyl (C=O) groups excluding carboxylic acids is 1. The number of methoxy groups -OCH3 is 1. The van der Waals surface area contributed by atoms with Crippen LogP contribution in [0.3, 0.4) is 0 Å². The van der Waals surface area contributed by atoms with E-state index in [4.69, 9.17) is 9.47 Å². The summed E-state index contributed by atoms with van der Waals surface area (Å²) in [6.07, 6.45) is 0. The fraction of sp³-hybridized carbons (Fsp3) is 0.455. The van der Waals surface area contributed by atoms with E-state index in [1.165, 1.54) is 5.56 Å². The quantitative estimate of drug-likeness (QED) is 0.375. The van der Waals surface area contributed by atoms with Gasteiger partial charge in [-0.25, -0.2) is 4.99 Å². The molecule has 0 saturated carbocycles. The molecule has 0 aliphatic heterocycles. The number of carbonyl (C=O) groups is 1. The van der Waals surface area contributed by atoms with E-state index in [0.717, 1.165) is 24.6 Å². The van der Waals surface area contributed by atoms with Crippen molar-refractivity contribution in [2.75, 3.05) is 33.4 Å². The molecule has 0 aliphatic carbocycles. The Bertz CT molecular complexity index is 809. The molecule has 1 aromatic heterocycles. The molecule has 3 N–H and O–H groups in total. The number of hydrogen-bond acceptors (Lipinski definition) is 5. The fourth-order valence-corrected chi connectivity index (χ4v) is 3.54. The second-order valence-electron chi connectivity index (χ2n) is 6.76. The van der Waals surface area contributed by atoms with Gasteiger partial charge in [-0.05, 0) is 59.9 Å². The van der Waals surface area contributed by atoms with Gasteiger partial charge in [-0.2, -0.15) is 11.3 Å². The normalized spacial score (nSPS) is 12.2. The number of amides is 1. The van der Waals surface area contributed by atoms with Crippen LogP contribution >= 0.6 is 11.3 Å². The first kappa shape index (κ1) is 23.5. The number of benzene rings is 1. The van der Waals surface area contributed by atoms with Crippen molar-refractivity contribution in [1.82, 2.24) is 16.0 Å². The van der Waals surface area contributed by atoms with Gasteiger partial charge in [0.1, 0.15) is 0 Å². The Hall–Kier alpha value is -2.74. The van der Waals surface area contributed by atoms with Gasteiger partial charge in [-0.1, -0.05) is 13.0 Å². The molecule has 0 saturated heterocycles. The lowest BCUT2D eigenvalue weighted by Crippen LogP contribution is -2.39. The highest BCUT2D eigenvalue weighted by Gasteiger charge is 2.10. The number of aliphatic imine (C=N–C) groups is 1. The Balaban J connectivity index is 1.97. The van der Waals surface area contributed by atoms with Crippen LogP contribution in [0.1, 0.15) is 37.8 Å². The first-order valence-electron chi connectivity index (χ1n) is 10.2. The van der Waals surface area contributed by atoms with E-state index in [0.29, 0.717) is 30.5 Å². The number of guanidine groups is 1. The summed E-state index contributed by atoms with van der Waals surface area (Å²) < 4.78 is 11.0. The van der Waals surface area contributed by atoms with Crippen LogP contribution in [0.25, 0.3) is 0 Å². The third-order valence-electron chi connectivity index (χ3n) is 4.41. The molecule has 0 bridgehead atoms. The van der Waals surface area contributed by atoms with Crippen LogP contribution < -0.4 is 25.4 Å². The topological polar surface area (TPSA) is 84.0 Å². The van der Waals surface area contributed by atoms with Gasteiger partial charge in [0, 0.05) is 19.6 Å². The summed E-state index contributed by atoms with van der Waals surface area (Å²) >= 11 is 1.71. The number of nitrogens with one attached hydrogen (secondary N) is 3. The molecule has 1 unspecified atom stereocenters. The monoisotopic (exact) mass is 432 g/mol. The largest absolute Gasteiger partial charge is 0.493 e. The summed E-state index contributed by atoms with van der Waals surface area (Å²) in [5.41, 5.74) is 2.32. The molecule has 0 radical (unpaired) electrons. The van der Waals surface area contributed by atoms with Crippen LogP contribution in [-0.4, -0.2) is 45.2 Å². The first-order valence-corrected chi connectivity index (χ1v) is 11.1. The van der Waals surface area contributed by atoms with Crippen LogP contribution in [0.2, 0.25) is 0 Å². The smallest absolute Gasteiger partial charge is 0.257 e. The second-order valence-corrected chi connectivity index (χ2v) is 7.54. The van der Waals surface area contributed by atoms with Crippen LogP contribution in [0.4, 0.5) is 0 Å². The third kappa shape index (κ3) is 7.59. The van der Waals surface area contributed by atoms with Gasteiger partial charge in [-0.15, -0.1) is 0 Å². The number of thiophene rings is 1. The maximum Gasteiger partial charge on any atom is 0.257 e. The Labute approximate surface area is 182 Å². The van der Waals surface area contributed by atoms with Crippen molar-refractivity contribution in [1.29, 1.82) is 0 Å². The van der Waals surface area contributed by atoms with E-state index in [2.05, 4.69) is 44.7 Å². The molecule has 0 spiro atoms. The maximum atomic E-state index is 11.6. The summed E-state index contributed by atoms with van der Waals surface area (Å²) in [7, 11) is 1.58. The second kappa shape index (κ2) is 12.7. The van der Waals surface area contributed by atoms with E-state index in [-0.39, 0.29) is 12.5 Å². The van der Waals surface area contributed by atoms with Crippen LogP contribution in [-0.2, 0) is 11.3 Å². The molecule has 7 nitrogen and oxygen atoms in total. The number of hydrogen-bond donors (Lipinski definition) is 3. The average molecular weight is 433 g/mol. The van der Waals surface area contributed by atoms with Gasteiger partial charge in [0.15, 0.2) is 24.1 Å². The van der Waals surface area contributed by atoms with Crippen LogP contribution in [0.5, 0.6) is 11.5 Å². The standard InChI is InChI=1S/C22H32N4O3S/c1-5-23-21(27)14-29-19-8-7-17(11-20(19)28-4)13-26-22(24-6-2)25-12-16(3)18-9-10-30-15-18/h7-11,15-16H,5-6,12-14H2,1-4H3,(H,23,27)(H2,24,25,26). The minimum Gasteiger partial charge on any atom is -0.493 e. The first-order chi connectivity index (χ1) is 14.6. The SMILES string of the molecule is CCNC(=O)COc1ccc(CN=C(NCC)NCC(C)c2ccsc2)cc1OC. The Morgan fingerprint density at radius 3 is 2.60 bits per heavy atom. The number of rotatable bonds is 11. The lowest BCUT2D eigenvalue weighted by Gasteiger charge is -2.15. The molecule has 1 heterocycles. The zero-order valence-corrected chi connectivity index (χ0v) is 19.0. The average Bonchev–Trinajstić information content (AvgIpc) is 3.29. The van der Waals surface area contributed by atoms with Gasteiger partial charge in [0.2, 0.25) is 0 Å². The molecule has 0 fully saturated rings. The number of ether oxygens (including phenoxy) is 2. The highest BCUT2D eigenvalue weighted by molar-refractivity contribution is 7.07. The van der Waals surface area contributed by atoms with Crippen LogP contribution in [0, 0.1) is 0 Å². The van der Waals surface area contributed by atoms with Crippen molar-refractivity contribution in [3.05, 3.63) is 46.2 Å². The van der Waals surface area contributed by atoms with E-state index >= 15 is 0 Å². The maximum absolute atomic E-state index is 11.6. The van der Waals surface area contributed by atoms with E-state index in [9.17, 15) is 4.79 Å². The minimum atomic E-state index is -0.161. The molecule has 30 heavy (non-hydrogen) atoms. The van der Waals surface area contributed by atoms with Crippen molar-refractivity contribution < 1.29 is 14.3 Å². The van der Waals surface area contributed by atoms with Crippen molar-refractivity contribution >= 4 is 23.2 Å². The number of likely N-dealkylation sites (N-methyl/N-ethyl adjacent to an activating group) is 1. The van der Waals surface area contributed by atoms with E-state index < -0.39 is 0 Å². The molecule has 1 aromatic carbocycles. The van der Waals surface area contributed by atoms with Crippen molar-refractivity contribution in [3.63, 3.8) is 0 Å². The molecule has 8 heteroatoms. The Morgan fingerprint density at radius 2 is 1.93 bits per heavy atom. The summed E-state index contributed by atoms with van der Waals surface area (Å²) in [4.78, 5) is 16.3. The molecule has 2 aromatic rings. The zero-order valence-electron chi connectivity index (χ0n) is 18.2. The minimum absolute atomic E-state index is 0.0432. The lowest BCUT2D eigenvalue weighted by atomic mass is 10.1. The van der Waals surface area contributed by atoms with Crippen molar-refractivity contribution in [2.45, 2.75) is 33.2 Å². The van der Waals surface area contributed by atoms with Crippen LogP contribution in [0.15, 0.2) is 40.0 Å². The Morgan fingerprint density at radius 1 is 1.13 bits per heavy atom. The molecule has 164 valence electrons. The summed E-state index contributed by atoms with van der Waals surface area (Å²) in [6, 6.07) is 7.77. The molecule has 1 amide bonds. The molecule has 0 aliphatic rings. The molecular weight excluding hydrogens is 400 g/mol. The van der Waals surface area contributed by atoms with E-state index in [1.807, 2.05) is 32.0 Å². The van der Waals surface area contributed by atoms with Gasteiger partial charge in [0.25, 0.3) is 5.91 Å². The molecular formula is C22H32N4O3S. The molecule has 2 rings (SSSR count). The lowest BCUT2D eigenvalue weighted by molar-refractivity contribution is -0.123. The highest BCUT2D eigenvalue weighted by Crippen LogP contribution is 2.28. The Kier molecular flexibility index (Phi) is 10.00. The summed E-state index contributed by atoms with van der Waals surface area (Å²) in [5, 5.41) is 13.7. The summed E-state index contributed by atoms with van der Waals surface area (Å²) in [5.74, 6) is 2.13. The fourth-order valence-electron chi connectivity index (χ4n) is 2.76.